The number of fused-ring (bicyclic) bond motifs is 1. The van der Waals surface area contributed by atoms with Crippen LogP contribution in [-0.2, 0) is 4.74 Å². The van der Waals surface area contributed by atoms with Gasteiger partial charge in [0.2, 0.25) is 0 Å². The van der Waals surface area contributed by atoms with Gasteiger partial charge in [0.15, 0.2) is 0 Å². The van der Waals surface area contributed by atoms with Crippen molar-refractivity contribution >= 4 is 11.6 Å². The van der Waals surface area contributed by atoms with Gasteiger partial charge in [-0.15, -0.1) is 11.6 Å². The van der Waals surface area contributed by atoms with Gasteiger partial charge in [0, 0.05) is 6.61 Å². The van der Waals surface area contributed by atoms with E-state index in [1.165, 1.54) is 19.3 Å². The quantitative estimate of drug-likeness (QED) is 0.418. The molecule has 0 N–H and O–H groups in total. The van der Waals surface area contributed by atoms with E-state index in [1.807, 2.05) is 0 Å². The van der Waals surface area contributed by atoms with Gasteiger partial charge in [0.1, 0.15) is 0 Å². The fraction of sp³-hybridized carbons (Fsp3) is 0.800. The second-order valence-electron chi connectivity index (χ2n) is 3.72. The molecule has 68 valence electrons. The van der Waals surface area contributed by atoms with E-state index < -0.39 is 0 Å². The van der Waals surface area contributed by atoms with Crippen molar-refractivity contribution in [1.29, 1.82) is 0 Å². The molecule has 3 atom stereocenters. The SMILES string of the molecule is Cl[C@@H]1C=C[C@@H]2OCCC[C@@H]2CC1. The number of alkyl halides is 1. The van der Waals surface area contributed by atoms with E-state index in [0.717, 1.165) is 18.9 Å². The van der Waals surface area contributed by atoms with Gasteiger partial charge in [-0.25, -0.2) is 0 Å². The van der Waals surface area contributed by atoms with E-state index in [9.17, 15) is 0 Å². The molecule has 2 rings (SSSR count). The zero-order valence-corrected chi connectivity index (χ0v) is 7.96. The fourth-order valence-corrected chi connectivity index (χ4v) is 2.30. The van der Waals surface area contributed by atoms with E-state index in [0.29, 0.717) is 6.10 Å². The maximum Gasteiger partial charge on any atom is 0.0784 e. The lowest BCUT2D eigenvalue weighted by atomic mass is 9.91. The molecule has 0 radical (unpaired) electrons. The van der Waals surface area contributed by atoms with Crippen LogP contribution in [-0.4, -0.2) is 18.1 Å². The van der Waals surface area contributed by atoms with Crippen molar-refractivity contribution in [2.75, 3.05) is 6.61 Å². The highest BCUT2D eigenvalue weighted by molar-refractivity contribution is 6.21. The standard InChI is InChI=1S/C10H15ClO/c11-9-4-3-8-2-1-7-12-10(8)6-5-9/h5-6,8-10H,1-4,7H2/t8-,9+,10+/m1/s1. The van der Waals surface area contributed by atoms with E-state index >= 15 is 0 Å². The molecule has 0 amide bonds. The Morgan fingerprint density at radius 3 is 3.00 bits per heavy atom. The van der Waals surface area contributed by atoms with Crippen LogP contribution in [0.25, 0.3) is 0 Å². The summed E-state index contributed by atoms with van der Waals surface area (Å²) in [4.78, 5) is 0. The first-order chi connectivity index (χ1) is 5.86. The molecule has 0 aromatic heterocycles. The molecule has 0 spiro atoms. The summed E-state index contributed by atoms with van der Waals surface area (Å²) in [5.41, 5.74) is 0. The molecule has 0 saturated carbocycles. The molecule has 12 heavy (non-hydrogen) atoms. The molecule has 1 fully saturated rings. The predicted octanol–water partition coefficient (Wildman–Crippen LogP) is 2.74. The van der Waals surface area contributed by atoms with Gasteiger partial charge in [0.25, 0.3) is 0 Å². The minimum atomic E-state index is 0.235. The molecule has 0 aromatic rings. The van der Waals surface area contributed by atoms with E-state index in [4.69, 9.17) is 16.3 Å². The number of hydrogen-bond donors (Lipinski definition) is 0. The van der Waals surface area contributed by atoms with Crippen LogP contribution in [0.4, 0.5) is 0 Å². The lowest BCUT2D eigenvalue weighted by Crippen LogP contribution is -2.26. The van der Waals surface area contributed by atoms with E-state index in [1.54, 1.807) is 0 Å². The van der Waals surface area contributed by atoms with Crippen molar-refractivity contribution in [3.05, 3.63) is 12.2 Å². The summed E-state index contributed by atoms with van der Waals surface area (Å²) in [5, 5.41) is 0.235. The van der Waals surface area contributed by atoms with Crippen LogP contribution in [0.5, 0.6) is 0 Å². The van der Waals surface area contributed by atoms with Crippen LogP contribution in [0.1, 0.15) is 25.7 Å². The molecular formula is C10H15ClO. The molecule has 0 bridgehead atoms. The van der Waals surface area contributed by atoms with Crippen LogP contribution in [0.2, 0.25) is 0 Å². The lowest BCUT2D eigenvalue weighted by molar-refractivity contribution is 0.00202. The van der Waals surface area contributed by atoms with Gasteiger partial charge >= 0.3 is 0 Å². The molecular weight excluding hydrogens is 172 g/mol. The zero-order valence-electron chi connectivity index (χ0n) is 7.21. The molecule has 1 nitrogen and oxygen atoms in total. The van der Waals surface area contributed by atoms with Gasteiger partial charge in [-0.3, -0.25) is 0 Å². The van der Waals surface area contributed by atoms with Crippen molar-refractivity contribution in [2.45, 2.75) is 37.2 Å². The molecule has 2 aliphatic rings. The summed E-state index contributed by atoms with van der Waals surface area (Å²) in [7, 11) is 0. The summed E-state index contributed by atoms with van der Waals surface area (Å²) in [6.07, 6.45) is 9.50. The first-order valence-electron chi connectivity index (χ1n) is 4.80. The average Bonchev–Trinajstić information content (AvgIpc) is 2.29. The van der Waals surface area contributed by atoms with Gasteiger partial charge in [-0.2, -0.15) is 0 Å². The summed E-state index contributed by atoms with van der Waals surface area (Å²) < 4.78 is 5.66. The molecule has 0 unspecified atom stereocenters. The maximum absolute atomic E-state index is 6.04. The van der Waals surface area contributed by atoms with Crippen LogP contribution in [0, 0.1) is 5.92 Å². The molecule has 2 heteroatoms. The Labute approximate surface area is 78.7 Å². The van der Waals surface area contributed by atoms with Crippen molar-refractivity contribution < 1.29 is 4.74 Å². The predicted molar refractivity (Wildman–Crippen MR) is 50.5 cm³/mol. The van der Waals surface area contributed by atoms with Crippen LogP contribution in [0.3, 0.4) is 0 Å². The Morgan fingerprint density at radius 1 is 1.17 bits per heavy atom. The second kappa shape index (κ2) is 3.80. The van der Waals surface area contributed by atoms with E-state index in [-0.39, 0.29) is 5.38 Å². The van der Waals surface area contributed by atoms with Crippen molar-refractivity contribution in [1.82, 2.24) is 0 Å². The summed E-state index contributed by atoms with van der Waals surface area (Å²) in [6, 6.07) is 0. The molecule has 1 saturated heterocycles. The average molecular weight is 187 g/mol. The zero-order chi connectivity index (χ0) is 8.39. The Kier molecular flexibility index (Phi) is 2.72. The van der Waals surface area contributed by atoms with Crippen molar-refractivity contribution in [2.24, 2.45) is 5.92 Å². The maximum atomic E-state index is 6.04. The Bertz CT molecular complexity index is 179. The third-order valence-corrected chi connectivity index (χ3v) is 3.18. The smallest absolute Gasteiger partial charge is 0.0784 e. The topological polar surface area (TPSA) is 9.23 Å². The monoisotopic (exact) mass is 186 g/mol. The number of halogens is 1. The Balaban J connectivity index is 2.03. The van der Waals surface area contributed by atoms with Gasteiger partial charge in [0.05, 0.1) is 11.5 Å². The summed E-state index contributed by atoms with van der Waals surface area (Å²) in [6.45, 7) is 0.929. The normalized spacial score (nSPS) is 41.9. The molecule has 1 aliphatic carbocycles. The van der Waals surface area contributed by atoms with Gasteiger partial charge in [-0.1, -0.05) is 12.2 Å². The molecule has 1 heterocycles. The molecule has 0 aromatic carbocycles. The Hall–Kier alpha value is -0.0100. The van der Waals surface area contributed by atoms with Crippen molar-refractivity contribution in [3.63, 3.8) is 0 Å². The van der Waals surface area contributed by atoms with E-state index in [2.05, 4.69) is 12.2 Å². The summed E-state index contributed by atoms with van der Waals surface area (Å²) >= 11 is 6.04. The number of rotatable bonds is 0. The van der Waals surface area contributed by atoms with Gasteiger partial charge < -0.3 is 4.74 Å². The van der Waals surface area contributed by atoms with Crippen LogP contribution < -0.4 is 0 Å². The minimum Gasteiger partial charge on any atom is -0.374 e. The number of ether oxygens (including phenoxy) is 1. The van der Waals surface area contributed by atoms with Crippen LogP contribution in [0.15, 0.2) is 12.2 Å². The Morgan fingerprint density at radius 2 is 2.08 bits per heavy atom. The first-order valence-corrected chi connectivity index (χ1v) is 5.24. The lowest BCUT2D eigenvalue weighted by Gasteiger charge is -2.28. The minimum absolute atomic E-state index is 0.235. The summed E-state index contributed by atoms with van der Waals surface area (Å²) in [5.74, 6) is 0.735. The molecule has 1 aliphatic heterocycles. The fourth-order valence-electron chi connectivity index (χ4n) is 2.09. The highest BCUT2D eigenvalue weighted by Crippen LogP contribution is 2.30. The number of allylic oxidation sites excluding steroid dienone is 1. The second-order valence-corrected chi connectivity index (χ2v) is 4.28. The van der Waals surface area contributed by atoms with Gasteiger partial charge in [-0.05, 0) is 31.6 Å². The highest BCUT2D eigenvalue weighted by atomic mass is 35.5. The highest BCUT2D eigenvalue weighted by Gasteiger charge is 2.26. The third kappa shape index (κ3) is 1.83. The van der Waals surface area contributed by atoms with Crippen LogP contribution >= 0.6 is 11.6 Å². The largest absolute Gasteiger partial charge is 0.374 e. The first kappa shape index (κ1) is 8.58. The number of hydrogen-bond acceptors (Lipinski definition) is 1. The van der Waals surface area contributed by atoms with Crippen molar-refractivity contribution in [3.8, 4) is 0 Å². The third-order valence-electron chi connectivity index (χ3n) is 2.82.